The Balaban J connectivity index is 2.53. The largest absolute Gasteiger partial charge is 0.384 e. The highest BCUT2D eigenvalue weighted by atomic mass is 35.5. The van der Waals surface area contributed by atoms with Crippen LogP contribution in [-0.2, 0) is 7.05 Å². The van der Waals surface area contributed by atoms with E-state index in [0.29, 0.717) is 5.82 Å². The number of nitrogens with zero attached hydrogens (tertiary/aromatic N) is 2. The van der Waals surface area contributed by atoms with Gasteiger partial charge in [-0.2, -0.15) is 16.4 Å². The van der Waals surface area contributed by atoms with Crippen LogP contribution in [0.25, 0.3) is 11.3 Å². The van der Waals surface area contributed by atoms with Gasteiger partial charge in [-0.3, -0.25) is 4.68 Å². The molecule has 0 unspecified atom stereocenters. The molecule has 0 radical (unpaired) electrons. The minimum Gasteiger partial charge on any atom is -0.384 e. The quantitative estimate of drug-likeness (QED) is 0.791. The lowest BCUT2D eigenvalue weighted by molar-refractivity contribution is 0.782. The monoisotopic (exact) mass is 213 g/mol. The normalized spacial score (nSPS) is 10.6. The van der Waals surface area contributed by atoms with Crippen molar-refractivity contribution in [3.05, 3.63) is 21.8 Å². The van der Waals surface area contributed by atoms with Crippen molar-refractivity contribution in [3.63, 3.8) is 0 Å². The van der Waals surface area contributed by atoms with Gasteiger partial charge in [-0.05, 0) is 0 Å². The summed E-state index contributed by atoms with van der Waals surface area (Å²) in [7, 11) is 1.80. The average molecular weight is 214 g/mol. The first kappa shape index (κ1) is 8.59. The third kappa shape index (κ3) is 1.43. The Morgan fingerprint density at radius 2 is 2.31 bits per heavy atom. The summed E-state index contributed by atoms with van der Waals surface area (Å²) >= 11 is 7.51. The predicted octanol–water partition coefficient (Wildman–Crippen LogP) is 2.38. The van der Waals surface area contributed by atoms with Gasteiger partial charge in [0.15, 0.2) is 0 Å². The van der Waals surface area contributed by atoms with Crippen LogP contribution in [-0.4, -0.2) is 9.78 Å². The molecule has 2 rings (SSSR count). The Labute approximate surface area is 84.7 Å². The molecule has 0 atom stereocenters. The Morgan fingerprint density at radius 3 is 2.77 bits per heavy atom. The van der Waals surface area contributed by atoms with Crippen LogP contribution >= 0.6 is 22.9 Å². The summed E-state index contributed by atoms with van der Waals surface area (Å²) in [5.41, 5.74) is 7.43. The van der Waals surface area contributed by atoms with Crippen molar-refractivity contribution in [2.75, 3.05) is 5.73 Å². The van der Waals surface area contributed by atoms with Gasteiger partial charge < -0.3 is 5.73 Å². The fourth-order valence-corrected chi connectivity index (χ4v) is 2.15. The van der Waals surface area contributed by atoms with E-state index in [0.717, 1.165) is 16.3 Å². The second kappa shape index (κ2) is 3.05. The van der Waals surface area contributed by atoms with Gasteiger partial charge in [0.05, 0.1) is 10.7 Å². The van der Waals surface area contributed by atoms with Crippen LogP contribution in [0.1, 0.15) is 0 Å². The first-order valence-electron chi connectivity index (χ1n) is 3.70. The molecule has 2 heterocycles. The predicted molar refractivity (Wildman–Crippen MR) is 55.9 cm³/mol. The van der Waals surface area contributed by atoms with E-state index < -0.39 is 0 Å². The summed E-state index contributed by atoms with van der Waals surface area (Å²) in [5, 5.41) is 8.79. The highest BCUT2D eigenvalue weighted by molar-refractivity contribution is 7.08. The zero-order chi connectivity index (χ0) is 9.42. The van der Waals surface area contributed by atoms with Gasteiger partial charge in [0, 0.05) is 29.4 Å². The number of nitrogen functional groups attached to an aromatic ring is 1. The van der Waals surface area contributed by atoms with E-state index in [1.54, 1.807) is 23.1 Å². The van der Waals surface area contributed by atoms with Gasteiger partial charge in [-0.1, -0.05) is 11.6 Å². The molecular weight excluding hydrogens is 206 g/mol. The molecule has 0 saturated heterocycles. The molecule has 0 fully saturated rings. The summed E-state index contributed by atoms with van der Waals surface area (Å²) < 4.78 is 1.63. The van der Waals surface area contributed by atoms with Gasteiger partial charge in [0.25, 0.3) is 0 Å². The van der Waals surface area contributed by atoms with Crippen molar-refractivity contribution in [1.29, 1.82) is 0 Å². The van der Waals surface area contributed by atoms with Gasteiger partial charge in [0.2, 0.25) is 0 Å². The number of aromatic nitrogens is 2. The number of nitrogens with two attached hydrogens (primary N) is 1. The van der Waals surface area contributed by atoms with E-state index in [-0.39, 0.29) is 0 Å². The molecule has 68 valence electrons. The van der Waals surface area contributed by atoms with Crippen molar-refractivity contribution in [2.24, 2.45) is 7.05 Å². The zero-order valence-corrected chi connectivity index (χ0v) is 8.56. The molecule has 0 amide bonds. The zero-order valence-electron chi connectivity index (χ0n) is 6.99. The average Bonchev–Trinajstić information content (AvgIpc) is 2.60. The lowest BCUT2D eigenvalue weighted by Crippen LogP contribution is -1.96. The topological polar surface area (TPSA) is 43.8 Å². The van der Waals surface area contributed by atoms with E-state index in [1.165, 1.54) is 0 Å². The molecule has 5 heteroatoms. The first-order valence-corrected chi connectivity index (χ1v) is 5.02. The van der Waals surface area contributed by atoms with Gasteiger partial charge in [-0.25, -0.2) is 0 Å². The number of halogens is 1. The minimum atomic E-state index is 0.636. The van der Waals surface area contributed by atoms with Crippen LogP contribution in [0.4, 0.5) is 5.82 Å². The molecule has 3 nitrogen and oxygen atoms in total. The molecular formula is C8H8ClN3S. The van der Waals surface area contributed by atoms with Crippen molar-refractivity contribution in [1.82, 2.24) is 9.78 Å². The number of hydrogen-bond donors (Lipinski definition) is 1. The maximum atomic E-state index is 5.96. The second-order valence-corrected chi connectivity index (χ2v) is 3.86. The van der Waals surface area contributed by atoms with Crippen LogP contribution in [0.3, 0.4) is 0 Å². The van der Waals surface area contributed by atoms with E-state index in [9.17, 15) is 0 Å². The molecule has 13 heavy (non-hydrogen) atoms. The molecule has 0 aliphatic carbocycles. The first-order chi connectivity index (χ1) is 6.18. The summed E-state index contributed by atoms with van der Waals surface area (Å²) in [4.78, 5) is 0. The SMILES string of the molecule is Cn1nc(-c2cscc2Cl)cc1N. The van der Waals surface area contributed by atoms with Crippen molar-refractivity contribution in [2.45, 2.75) is 0 Å². The van der Waals surface area contributed by atoms with Gasteiger partial charge >= 0.3 is 0 Å². The second-order valence-electron chi connectivity index (χ2n) is 2.71. The minimum absolute atomic E-state index is 0.636. The molecule has 2 N–H and O–H groups in total. The lowest BCUT2D eigenvalue weighted by Gasteiger charge is -1.91. The number of hydrogen-bond acceptors (Lipinski definition) is 3. The number of rotatable bonds is 1. The van der Waals surface area contributed by atoms with E-state index >= 15 is 0 Å². The van der Waals surface area contributed by atoms with Gasteiger partial charge in [-0.15, -0.1) is 0 Å². The number of anilines is 1. The molecule has 2 aromatic rings. The van der Waals surface area contributed by atoms with Crippen molar-refractivity contribution in [3.8, 4) is 11.3 Å². The van der Waals surface area contributed by atoms with Crippen LogP contribution in [0.5, 0.6) is 0 Å². The van der Waals surface area contributed by atoms with E-state index in [2.05, 4.69) is 5.10 Å². The molecule has 0 aliphatic rings. The Kier molecular flexibility index (Phi) is 2.01. The Hall–Kier alpha value is -1.00. The van der Waals surface area contributed by atoms with Crippen LogP contribution in [0, 0.1) is 0 Å². The van der Waals surface area contributed by atoms with Crippen LogP contribution in [0.2, 0.25) is 5.02 Å². The number of thiophene rings is 1. The maximum absolute atomic E-state index is 5.96. The molecule has 0 saturated carbocycles. The molecule has 0 bridgehead atoms. The van der Waals surface area contributed by atoms with Gasteiger partial charge in [0.1, 0.15) is 5.82 Å². The molecule has 2 aromatic heterocycles. The summed E-state index contributed by atoms with van der Waals surface area (Å²) in [6.45, 7) is 0. The Bertz CT molecular complexity index is 413. The highest BCUT2D eigenvalue weighted by Gasteiger charge is 2.08. The van der Waals surface area contributed by atoms with Crippen molar-refractivity contribution >= 4 is 28.8 Å². The van der Waals surface area contributed by atoms with E-state index in [1.807, 2.05) is 16.8 Å². The smallest absolute Gasteiger partial charge is 0.121 e. The Morgan fingerprint density at radius 1 is 1.54 bits per heavy atom. The number of aryl methyl sites for hydroxylation is 1. The molecule has 0 aliphatic heterocycles. The summed E-state index contributed by atoms with van der Waals surface area (Å²) in [5.74, 6) is 0.636. The molecule has 0 aromatic carbocycles. The lowest BCUT2D eigenvalue weighted by atomic mass is 10.2. The molecule has 0 spiro atoms. The van der Waals surface area contributed by atoms with E-state index in [4.69, 9.17) is 17.3 Å². The highest BCUT2D eigenvalue weighted by Crippen LogP contribution is 2.30. The summed E-state index contributed by atoms with van der Waals surface area (Å²) in [6.07, 6.45) is 0. The third-order valence-corrected chi connectivity index (χ3v) is 2.99. The van der Waals surface area contributed by atoms with Crippen LogP contribution in [0.15, 0.2) is 16.8 Å². The fourth-order valence-electron chi connectivity index (χ4n) is 1.08. The summed E-state index contributed by atoms with van der Waals surface area (Å²) in [6, 6.07) is 1.81. The maximum Gasteiger partial charge on any atom is 0.121 e. The van der Waals surface area contributed by atoms with Crippen LogP contribution < -0.4 is 5.73 Å². The standard InChI is InChI=1S/C8H8ClN3S/c1-12-8(10)2-7(11-12)5-3-13-4-6(5)9/h2-4H,10H2,1H3. The fraction of sp³-hybridized carbons (Fsp3) is 0.125. The third-order valence-electron chi connectivity index (χ3n) is 1.81. The van der Waals surface area contributed by atoms with Crippen molar-refractivity contribution < 1.29 is 0 Å².